The first kappa shape index (κ1) is 23.7. The average molecular weight is 421 g/mol. The van der Waals surface area contributed by atoms with E-state index in [1.54, 1.807) is 36.4 Å². The molecular weight excluding hydrogens is 392 g/mol. The molecule has 162 valence electrons. The maximum Gasteiger partial charge on any atom is 0.255 e. The SMILES string of the molecule is CC(=O)Nc1ccc(C(=O)NC2=CC=C(C(=O)CCC(C)=CC=CC=O)CC2)cc1C. The second kappa shape index (κ2) is 11.6. The maximum atomic E-state index is 12.5. The van der Waals surface area contributed by atoms with E-state index < -0.39 is 0 Å². The van der Waals surface area contributed by atoms with Crippen molar-refractivity contribution in [2.24, 2.45) is 0 Å². The van der Waals surface area contributed by atoms with E-state index in [0.717, 1.165) is 22.4 Å². The Morgan fingerprint density at radius 3 is 2.39 bits per heavy atom. The van der Waals surface area contributed by atoms with Crippen molar-refractivity contribution >= 4 is 29.6 Å². The molecule has 0 saturated heterocycles. The van der Waals surface area contributed by atoms with Crippen LogP contribution in [0.3, 0.4) is 0 Å². The summed E-state index contributed by atoms with van der Waals surface area (Å²) >= 11 is 0. The van der Waals surface area contributed by atoms with Crippen LogP contribution in [0.2, 0.25) is 0 Å². The molecule has 0 unspecified atom stereocenters. The number of allylic oxidation sites excluding steroid dienone is 8. The molecule has 0 bridgehead atoms. The van der Waals surface area contributed by atoms with E-state index in [0.29, 0.717) is 43.2 Å². The van der Waals surface area contributed by atoms with Gasteiger partial charge in [0.15, 0.2) is 5.78 Å². The molecule has 1 aliphatic rings. The van der Waals surface area contributed by atoms with Crippen molar-refractivity contribution in [2.75, 3.05) is 5.32 Å². The highest BCUT2D eigenvalue weighted by molar-refractivity contribution is 5.98. The van der Waals surface area contributed by atoms with Crippen LogP contribution in [0.15, 0.2) is 65.4 Å². The van der Waals surface area contributed by atoms with Gasteiger partial charge in [0.1, 0.15) is 6.29 Å². The van der Waals surface area contributed by atoms with Gasteiger partial charge in [-0.1, -0.05) is 23.8 Å². The van der Waals surface area contributed by atoms with Gasteiger partial charge in [-0.25, -0.2) is 0 Å². The molecule has 6 heteroatoms. The summed E-state index contributed by atoms with van der Waals surface area (Å²) in [5.74, 6) is -0.292. The van der Waals surface area contributed by atoms with Crippen LogP contribution >= 0.6 is 0 Å². The summed E-state index contributed by atoms with van der Waals surface area (Å²) in [7, 11) is 0. The van der Waals surface area contributed by atoms with Crippen LogP contribution < -0.4 is 10.6 Å². The predicted octanol–water partition coefficient (Wildman–Crippen LogP) is 4.34. The Morgan fingerprint density at radius 1 is 1.00 bits per heavy atom. The molecule has 1 aromatic carbocycles. The zero-order chi connectivity index (χ0) is 22.8. The van der Waals surface area contributed by atoms with Crippen molar-refractivity contribution in [1.82, 2.24) is 5.32 Å². The third kappa shape index (κ3) is 7.66. The van der Waals surface area contributed by atoms with Crippen LogP contribution in [0, 0.1) is 6.92 Å². The van der Waals surface area contributed by atoms with Crippen LogP contribution in [0.25, 0.3) is 0 Å². The zero-order valence-electron chi connectivity index (χ0n) is 18.2. The number of ketones is 1. The molecule has 2 amide bonds. The second-order valence-electron chi connectivity index (χ2n) is 7.51. The van der Waals surface area contributed by atoms with Crippen LogP contribution in [0.4, 0.5) is 5.69 Å². The molecule has 0 atom stereocenters. The summed E-state index contributed by atoms with van der Waals surface area (Å²) in [5.41, 5.74) is 4.54. The van der Waals surface area contributed by atoms with Crippen LogP contribution in [0.1, 0.15) is 55.5 Å². The minimum absolute atomic E-state index is 0.0953. The van der Waals surface area contributed by atoms with Gasteiger partial charge in [0.25, 0.3) is 5.91 Å². The average Bonchev–Trinajstić information content (AvgIpc) is 2.74. The van der Waals surface area contributed by atoms with E-state index in [1.165, 1.54) is 13.0 Å². The van der Waals surface area contributed by atoms with Crippen molar-refractivity contribution in [3.8, 4) is 0 Å². The lowest BCUT2D eigenvalue weighted by atomic mass is 9.95. The normalized spacial score (nSPS) is 14.0. The summed E-state index contributed by atoms with van der Waals surface area (Å²) in [6.45, 7) is 5.20. The fraction of sp³-hybridized carbons (Fsp3) is 0.280. The Morgan fingerprint density at radius 2 is 1.77 bits per heavy atom. The molecule has 0 heterocycles. The van der Waals surface area contributed by atoms with Crippen molar-refractivity contribution in [2.45, 2.75) is 46.5 Å². The van der Waals surface area contributed by atoms with Gasteiger partial charge in [0, 0.05) is 30.3 Å². The Balaban J connectivity index is 1.94. The standard InChI is InChI=1S/C25H28N2O4/c1-17(6-4-5-15-28)7-14-24(30)20-8-11-22(12-9-20)27-25(31)21-10-13-23(18(2)16-21)26-19(3)29/h4-6,8,10-11,13,15-16H,7,9,12,14H2,1-3H3,(H,26,29)(H,27,31). The number of benzene rings is 1. The topological polar surface area (TPSA) is 92.3 Å². The fourth-order valence-electron chi connectivity index (χ4n) is 3.15. The number of aldehydes is 1. The predicted molar refractivity (Wildman–Crippen MR) is 122 cm³/mol. The van der Waals surface area contributed by atoms with Crippen molar-refractivity contribution in [3.63, 3.8) is 0 Å². The van der Waals surface area contributed by atoms with Gasteiger partial charge in [0.05, 0.1) is 0 Å². The van der Waals surface area contributed by atoms with Gasteiger partial charge < -0.3 is 10.6 Å². The van der Waals surface area contributed by atoms with Crippen molar-refractivity contribution in [1.29, 1.82) is 0 Å². The van der Waals surface area contributed by atoms with Gasteiger partial charge in [-0.3, -0.25) is 19.2 Å². The summed E-state index contributed by atoms with van der Waals surface area (Å²) in [5, 5.41) is 5.62. The minimum atomic E-state index is -0.226. The molecule has 31 heavy (non-hydrogen) atoms. The van der Waals surface area contributed by atoms with E-state index >= 15 is 0 Å². The third-order valence-electron chi connectivity index (χ3n) is 4.90. The zero-order valence-corrected chi connectivity index (χ0v) is 18.2. The molecule has 1 aromatic rings. The van der Waals surface area contributed by atoms with Crippen LogP contribution in [-0.2, 0) is 14.4 Å². The second-order valence-corrected chi connectivity index (χ2v) is 7.51. The summed E-state index contributed by atoms with van der Waals surface area (Å²) in [4.78, 5) is 46.4. The summed E-state index contributed by atoms with van der Waals surface area (Å²) in [6, 6.07) is 5.11. The van der Waals surface area contributed by atoms with Crippen molar-refractivity contribution < 1.29 is 19.2 Å². The number of hydrogen-bond donors (Lipinski definition) is 2. The molecule has 0 radical (unpaired) electrons. The Labute approximate surface area is 182 Å². The van der Waals surface area contributed by atoms with Crippen LogP contribution in [0.5, 0.6) is 0 Å². The van der Waals surface area contributed by atoms with Gasteiger partial charge in [-0.15, -0.1) is 0 Å². The molecule has 0 aliphatic heterocycles. The molecule has 1 aliphatic carbocycles. The quantitative estimate of drug-likeness (QED) is 0.353. The minimum Gasteiger partial charge on any atom is -0.326 e. The lowest BCUT2D eigenvalue weighted by Crippen LogP contribution is -2.24. The molecular formula is C25H28N2O4. The van der Waals surface area contributed by atoms with Gasteiger partial charge in [-0.2, -0.15) is 0 Å². The number of nitrogens with one attached hydrogen (secondary N) is 2. The monoisotopic (exact) mass is 420 g/mol. The number of anilines is 1. The van der Waals surface area contributed by atoms with Gasteiger partial charge in [0.2, 0.25) is 5.91 Å². The molecule has 0 fully saturated rings. The summed E-state index contributed by atoms with van der Waals surface area (Å²) in [6.07, 6.45) is 11.4. The highest BCUT2D eigenvalue weighted by Crippen LogP contribution is 2.21. The first-order chi connectivity index (χ1) is 14.8. The fourth-order valence-corrected chi connectivity index (χ4v) is 3.15. The number of rotatable bonds is 9. The maximum absolute atomic E-state index is 12.5. The number of carbonyl (C=O) groups excluding carboxylic acids is 4. The smallest absolute Gasteiger partial charge is 0.255 e. The Hall–Kier alpha value is -3.54. The van der Waals surface area contributed by atoms with E-state index in [1.807, 2.05) is 19.9 Å². The first-order valence-corrected chi connectivity index (χ1v) is 10.2. The molecule has 0 spiro atoms. The Bertz CT molecular complexity index is 997. The van der Waals surface area contributed by atoms with Crippen LogP contribution in [-0.4, -0.2) is 23.9 Å². The van der Waals surface area contributed by atoms with E-state index in [-0.39, 0.29) is 17.6 Å². The number of hydrogen-bond acceptors (Lipinski definition) is 4. The lowest BCUT2D eigenvalue weighted by Gasteiger charge is -2.16. The lowest BCUT2D eigenvalue weighted by molar-refractivity contribution is -0.116. The van der Waals surface area contributed by atoms with Crippen molar-refractivity contribution in [3.05, 3.63) is 76.5 Å². The number of carbonyl (C=O) groups is 4. The first-order valence-electron chi connectivity index (χ1n) is 10.2. The largest absolute Gasteiger partial charge is 0.326 e. The molecule has 0 saturated carbocycles. The molecule has 6 nitrogen and oxygen atoms in total. The molecule has 2 N–H and O–H groups in total. The number of amides is 2. The molecule has 2 rings (SSSR count). The van der Waals surface area contributed by atoms with Gasteiger partial charge in [-0.05, 0) is 74.6 Å². The van der Waals surface area contributed by atoms with E-state index in [4.69, 9.17) is 0 Å². The van der Waals surface area contributed by atoms with E-state index in [9.17, 15) is 19.2 Å². The third-order valence-corrected chi connectivity index (χ3v) is 4.90. The highest BCUT2D eigenvalue weighted by atomic mass is 16.2. The highest BCUT2D eigenvalue weighted by Gasteiger charge is 2.16. The van der Waals surface area contributed by atoms with E-state index in [2.05, 4.69) is 10.6 Å². The van der Waals surface area contributed by atoms with Gasteiger partial charge >= 0.3 is 0 Å². The molecule has 0 aromatic heterocycles. The Kier molecular flexibility index (Phi) is 8.88. The summed E-state index contributed by atoms with van der Waals surface area (Å²) < 4.78 is 0. The number of aryl methyl sites for hydroxylation is 1. The number of Topliss-reactive ketones (excluding diaryl/α,β-unsaturated/α-hetero) is 1.